The molecule has 1 unspecified atom stereocenters. The van der Waals surface area contributed by atoms with Crippen molar-refractivity contribution < 1.29 is 4.79 Å². The Morgan fingerprint density at radius 2 is 2.00 bits per heavy atom. The zero-order valence-corrected chi connectivity index (χ0v) is 11.2. The molecular weight excluding hydrogens is 246 g/mol. The number of carbonyl (C=O) groups is 1. The van der Waals surface area contributed by atoms with Crippen LogP contribution in [0.4, 0.5) is 0 Å². The van der Waals surface area contributed by atoms with E-state index >= 15 is 0 Å². The molecule has 0 aromatic heterocycles. The maximum Gasteiger partial charge on any atom is 0.157 e. The van der Waals surface area contributed by atoms with Crippen molar-refractivity contribution in [1.29, 1.82) is 0 Å². The van der Waals surface area contributed by atoms with Crippen molar-refractivity contribution in [3.05, 3.63) is 34.9 Å². The van der Waals surface area contributed by atoms with Gasteiger partial charge in [0.25, 0.3) is 0 Å². The first-order valence-electron chi connectivity index (χ1n) is 6.78. The zero-order chi connectivity index (χ0) is 12.6. The fourth-order valence-electron chi connectivity index (χ4n) is 2.93. The van der Waals surface area contributed by atoms with Crippen molar-refractivity contribution in [3.63, 3.8) is 0 Å². The van der Waals surface area contributed by atoms with E-state index in [1.807, 2.05) is 24.3 Å². The number of nitrogens with one attached hydrogen (secondary N) is 1. The van der Waals surface area contributed by atoms with E-state index in [4.69, 9.17) is 11.6 Å². The highest BCUT2D eigenvalue weighted by Crippen LogP contribution is 2.40. The highest BCUT2D eigenvalue weighted by atomic mass is 35.5. The molecule has 0 heterocycles. The van der Waals surface area contributed by atoms with Gasteiger partial charge in [0, 0.05) is 17.5 Å². The fraction of sp³-hybridized carbons (Fsp3) is 0.533. The van der Waals surface area contributed by atoms with Gasteiger partial charge in [-0.3, -0.25) is 10.1 Å². The van der Waals surface area contributed by atoms with E-state index in [0.29, 0.717) is 23.3 Å². The number of hydrogen-bond acceptors (Lipinski definition) is 2. The molecule has 1 aromatic carbocycles. The Balaban J connectivity index is 2.03. The summed E-state index contributed by atoms with van der Waals surface area (Å²) in [5.41, 5.74) is 0.459. The lowest BCUT2D eigenvalue weighted by Gasteiger charge is -2.38. The van der Waals surface area contributed by atoms with Crippen LogP contribution in [0.5, 0.6) is 0 Å². The normalized spacial score (nSPS) is 28.4. The third kappa shape index (κ3) is 2.08. The summed E-state index contributed by atoms with van der Waals surface area (Å²) in [5, 5.41) is 4.29. The molecule has 0 saturated heterocycles. The van der Waals surface area contributed by atoms with Crippen molar-refractivity contribution >= 4 is 17.4 Å². The second-order valence-electron chi connectivity index (χ2n) is 5.43. The van der Waals surface area contributed by atoms with Crippen LogP contribution in [0.3, 0.4) is 0 Å². The molecule has 1 N–H and O–H groups in total. The molecule has 0 radical (unpaired) electrons. The van der Waals surface area contributed by atoms with E-state index < -0.39 is 5.54 Å². The second kappa shape index (κ2) is 4.67. The lowest BCUT2D eigenvalue weighted by Crippen LogP contribution is -2.52. The Morgan fingerprint density at radius 1 is 1.22 bits per heavy atom. The summed E-state index contributed by atoms with van der Waals surface area (Å²) >= 11 is 6.32. The van der Waals surface area contributed by atoms with Crippen LogP contribution in [0.1, 0.15) is 44.1 Å². The van der Waals surface area contributed by atoms with Crippen LogP contribution < -0.4 is 5.32 Å². The van der Waals surface area contributed by atoms with Crippen LogP contribution in [0.2, 0.25) is 5.02 Å². The average molecular weight is 264 g/mol. The summed E-state index contributed by atoms with van der Waals surface area (Å²) in [4.78, 5) is 12.5. The summed E-state index contributed by atoms with van der Waals surface area (Å²) in [7, 11) is 0. The standard InChI is InChI=1S/C15H18ClNO/c16-13-6-2-1-5-12(13)15(17-11-8-9-11)10-4-3-7-14(15)18/h1-2,5-6,11,17H,3-4,7-10H2. The van der Waals surface area contributed by atoms with Crippen LogP contribution in [-0.2, 0) is 10.3 Å². The van der Waals surface area contributed by atoms with Crippen molar-refractivity contribution in [2.75, 3.05) is 0 Å². The van der Waals surface area contributed by atoms with Gasteiger partial charge in [0.2, 0.25) is 0 Å². The number of carbonyl (C=O) groups excluding carboxylic acids is 1. The first kappa shape index (κ1) is 12.2. The molecule has 3 heteroatoms. The predicted molar refractivity (Wildman–Crippen MR) is 72.8 cm³/mol. The Bertz CT molecular complexity index is 469. The quantitative estimate of drug-likeness (QED) is 0.905. The SMILES string of the molecule is O=C1CCCCC1(NC1CC1)c1ccccc1Cl. The molecule has 3 rings (SSSR count). The molecule has 1 atom stereocenters. The molecule has 2 nitrogen and oxygen atoms in total. The Hall–Kier alpha value is -0.860. The molecule has 2 aliphatic carbocycles. The topological polar surface area (TPSA) is 29.1 Å². The molecule has 2 aliphatic rings. The Labute approximate surface area is 113 Å². The molecule has 1 aromatic rings. The minimum atomic E-state index is -0.516. The maximum absolute atomic E-state index is 12.5. The number of rotatable bonds is 3. The lowest BCUT2D eigenvalue weighted by molar-refractivity contribution is -0.128. The molecule has 2 fully saturated rings. The van der Waals surface area contributed by atoms with E-state index in [1.165, 1.54) is 12.8 Å². The Morgan fingerprint density at radius 3 is 2.67 bits per heavy atom. The van der Waals surface area contributed by atoms with Gasteiger partial charge in [-0.25, -0.2) is 0 Å². The summed E-state index contributed by atoms with van der Waals surface area (Å²) in [6.45, 7) is 0. The number of Topliss-reactive ketones (excluding diaryl/α,β-unsaturated/α-hetero) is 1. The number of halogens is 1. The summed E-state index contributed by atoms with van der Waals surface area (Å²) in [6, 6.07) is 8.28. The molecule has 0 spiro atoms. The zero-order valence-electron chi connectivity index (χ0n) is 10.4. The van der Waals surface area contributed by atoms with Crippen LogP contribution in [0, 0.1) is 0 Å². The molecule has 18 heavy (non-hydrogen) atoms. The van der Waals surface area contributed by atoms with Crippen molar-refractivity contribution in [3.8, 4) is 0 Å². The summed E-state index contributed by atoms with van der Waals surface area (Å²) < 4.78 is 0. The average Bonchev–Trinajstić information content (AvgIpc) is 3.17. The van der Waals surface area contributed by atoms with Gasteiger partial charge in [0.1, 0.15) is 5.54 Å². The third-order valence-corrected chi connectivity index (χ3v) is 4.37. The first-order chi connectivity index (χ1) is 8.72. The van der Waals surface area contributed by atoms with E-state index in [0.717, 1.165) is 24.8 Å². The van der Waals surface area contributed by atoms with Gasteiger partial charge in [-0.1, -0.05) is 36.2 Å². The predicted octanol–water partition coefficient (Wildman–Crippen LogP) is 3.43. The molecular formula is C15H18ClNO. The molecule has 96 valence electrons. The minimum absolute atomic E-state index is 0.314. The van der Waals surface area contributed by atoms with Gasteiger partial charge in [-0.2, -0.15) is 0 Å². The van der Waals surface area contributed by atoms with Gasteiger partial charge in [0.15, 0.2) is 5.78 Å². The summed E-state index contributed by atoms with van der Waals surface area (Å²) in [5.74, 6) is 0.314. The van der Waals surface area contributed by atoms with Gasteiger partial charge in [-0.15, -0.1) is 0 Å². The summed E-state index contributed by atoms with van der Waals surface area (Å²) in [6.07, 6.45) is 6.02. The highest BCUT2D eigenvalue weighted by Gasteiger charge is 2.45. The molecule has 0 amide bonds. The lowest BCUT2D eigenvalue weighted by atomic mass is 9.75. The van der Waals surface area contributed by atoms with Crippen molar-refractivity contribution in [2.24, 2.45) is 0 Å². The van der Waals surface area contributed by atoms with E-state index in [-0.39, 0.29) is 0 Å². The van der Waals surface area contributed by atoms with Gasteiger partial charge < -0.3 is 0 Å². The molecule has 0 bridgehead atoms. The first-order valence-corrected chi connectivity index (χ1v) is 7.16. The minimum Gasteiger partial charge on any atom is -0.298 e. The van der Waals surface area contributed by atoms with E-state index in [1.54, 1.807) is 0 Å². The second-order valence-corrected chi connectivity index (χ2v) is 5.84. The molecule has 0 aliphatic heterocycles. The maximum atomic E-state index is 12.5. The van der Waals surface area contributed by atoms with E-state index in [9.17, 15) is 4.79 Å². The monoisotopic (exact) mass is 263 g/mol. The fourth-order valence-corrected chi connectivity index (χ4v) is 3.22. The highest BCUT2D eigenvalue weighted by molar-refractivity contribution is 6.31. The van der Waals surface area contributed by atoms with Crippen LogP contribution in [0.15, 0.2) is 24.3 Å². The third-order valence-electron chi connectivity index (χ3n) is 4.04. The largest absolute Gasteiger partial charge is 0.298 e. The van der Waals surface area contributed by atoms with E-state index in [2.05, 4.69) is 5.32 Å². The van der Waals surface area contributed by atoms with Crippen LogP contribution in [0.25, 0.3) is 0 Å². The number of benzene rings is 1. The smallest absolute Gasteiger partial charge is 0.157 e. The molecule has 2 saturated carbocycles. The number of hydrogen-bond donors (Lipinski definition) is 1. The number of ketones is 1. The Kier molecular flexibility index (Phi) is 3.16. The van der Waals surface area contributed by atoms with Crippen molar-refractivity contribution in [2.45, 2.75) is 50.1 Å². The van der Waals surface area contributed by atoms with Gasteiger partial charge in [0.05, 0.1) is 0 Å². The van der Waals surface area contributed by atoms with Gasteiger partial charge in [-0.05, 0) is 37.3 Å². The van der Waals surface area contributed by atoms with Crippen molar-refractivity contribution in [1.82, 2.24) is 5.32 Å². The van der Waals surface area contributed by atoms with Gasteiger partial charge >= 0.3 is 0 Å². The van der Waals surface area contributed by atoms with Crippen LogP contribution >= 0.6 is 11.6 Å². The van der Waals surface area contributed by atoms with Crippen LogP contribution in [-0.4, -0.2) is 11.8 Å².